The number of nitrogens with two attached hydrogens (primary N) is 1. The highest BCUT2D eigenvalue weighted by Gasteiger charge is 2.02. The van der Waals surface area contributed by atoms with Gasteiger partial charge >= 0.3 is 0 Å². The topological polar surface area (TPSA) is 41.6 Å². The highest BCUT2D eigenvalue weighted by molar-refractivity contribution is 5.87. The van der Waals surface area contributed by atoms with Crippen LogP contribution in [0.15, 0.2) is 17.4 Å². The summed E-state index contributed by atoms with van der Waals surface area (Å²) in [5.74, 6) is 0. The molecule has 10 heavy (non-hydrogen) atoms. The smallest absolute Gasteiger partial charge is 0.0554 e. The van der Waals surface area contributed by atoms with Crippen molar-refractivity contribution in [2.45, 2.75) is 6.42 Å². The first-order valence-corrected chi connectivity index (χ1v) is 3.45. The maximum atomic E-state index is 5.38. The molecule has 1 aliphatic heterocycles. The predicted octanol–water partition coefficient (Wildman–Crippen LogP) is 0.193. The van der Waals surface area contributed by atoms with Gasteiger partial charge in [0.05, 0.1) is 6.54 Å². The van der Waals surface area contributed by atoms with Crippen LogP contribution in [0.25, 0.3) is 0 Å². The van der Waals surface area contributed by atoms with Crippen LogP contribution in [0, 0.1) is 0 Å². The predicted molar refractivity (Wildman–Crippen MR) is 42.9 cm³/mol. The summed E-state index contributed by atoms with van der Waals surface area (Å²) in [6.07, 6.45) is 4.68. The van der Waals surface area contributed by atoms with Gasteiger partial charge in [-0.05, 0) is 13.0 Å². The van der Waals surface area contributed by atoms with E-state index in [1.54, 1.807) is 0 Å². The van der Waals surface area contributed by atoms with E-state index in [9.17, 15) is 0 Å². The van der Waals surface area contributed by atoms with Crippen molar-refractivity contribution in [3.8, 4) is 0 Å². The third-order valence-corrected chi connectivity index (χ3v) is 1.44. The second-order valence-corrected chi connectivity index (χ2v) is 2.45. The molecule has 0 saturated heterocycles. The Morgan fingerprint density at radius 1 is 1.80 bits per heavy atom. The molecule has 0 saturated carbocycles. The quantitative estimate of drug-likeness (QED) is 0.593. The number of nitrogens with zero attached hydrogens (tertiary/aromatic N) is 2. The standard InChI is InChI=1S/C7H13N3/c1-10-5-4-9-7(6-10)2-3-8/h4-5H,2-3,6,8H2,1H3. The molecule has 0 spiro atoms. The first-order valence-electron chi connectivity index (χ1n) is 3.45. The lowest BCUT2D eigenvalue weighted by Crippen LogP contribution is -2.25. The second kappa shape index (κ2) is 3.37. The molecule has 1 rings (SSSR count). The zero-order valence-corrected chi connectivity index (χ0v) is 6.25. The minimum Gasteiger partial charge on any atom is -0.374 e. The fourth-order valence-electron chi connectivity index (χ4n) is 0.944. The number of hydrogen-bond acceptors (Lipinski definition) is 3. The molecule has 0 aromatic carbocycles. The summed E-state index contributed by atoms with van der Waals surface area (Å²) < 4.78 is 0. The van der Waals surface area contributed by atoms with Crippen LogP contribution in [0.3, 0.4) is 0 Å². The van der Waals surface area contributed by atoms with Crippen LogP contribution in [-0.2, 0) is 0 Å². The summed E-state index contributed by atoms with van der Waals surface area (Å²) in [5.41, 5.74) is 6.55. The largest absolute Gasteiger partial charge is 0.374 e. The van der Waals surface area contributed by atoms with E-state index in [2.05, 4.69) is 9.89 Å². The van der Waals surface area contributed by atoms with Gasteiger partial charge in [0.15, 0.2) is 0 Å². The maximum Gasteiger partial charge on any atom is 0.0554 e. The fourth-order valence-corrected chi connectivity index (χ4v) is 0.944. The molecule has 0 unspecified atom stereocenters. The molecule has 0 amide bonds. The van der Waals surface area contributed by atoms with Crippen molar-refractivity contribution < 1.29 is 0 Å². The highest BCUT2D eigenvalue weighted by Crippen LogP contribution is 1.98. The molecule has 3 nitrogen and oxygen atoms in total. The summed E-state index contributed by atoms with van der Waals surface area (Å²) in [6, 6.07) is 0. The third-order valence-electron chi connectivity index (χ3n) is 1.44. The van der Waals surface area contributed by atoms with Crippen molar-refractivity contribution in [3.63, 3.8) is 0 Å². The molecule has 0 aromatic rings. The first kappa shape index (κ1) is 7.28. The Hall–Kier alpha value is -0.830. The van der Waals surface area contributed by atoms with Gasteiger partial charge in [0.1, 0.15) is 0 Å². The Morgan fingerprint density at radius 2 is 2.60 bits per heavy atom. The Balaban J connectivity index is 2.45. The lowest BCUT2D eigenvalue weighted by atomic mass is 10.2. The Morgan fingerprint density at radius 3 is 3.20 bits per heavy atom. The van der Waals surface area contributed by atoms with Crippen molar-refractivity contribution in [1.82, 2.24) is 4.90 Å². The molecule has 0 atom stereocenters. The zero-order chi connectivity index (χ0) is 7.40. The number of aliphatic imine (C=N–C) groups is 1. The molecule has 0 fully saturated rings. The van der Waals surface area contributed by atoms with Crippen molar-refractivity contribution in [2.24, 2.45) is 10.7 Å². The van der Waals surface area contributed by atoms with Crippen LogP contribution in [0.4, 0.5) is 0 Å². The summed E-state index contributed by atoms with van der Waals surface area (Å²) in [7, 11) is 2.03. The average molecular weight is 139 g/mol. The molecular formula is C7H13N3. The third kappa shape index (κ3) is 1.84. The van der Waals surface area contributed by atoms with Crippen molar-refractivity contribution >= 4 is 5.71 Å². The zero-order valence-electron chi connectivity index (χ0n) is 6.25. The molecule has 0 radical (unpaired) electrons. The van der Waals surface area contributed by atoms with Crippen molar-refractivity contribution in [2.75, 3.05) is 20.1 Å². The maximum absolute atomic E-state index is 5.38. The molecule has 2 N–H and O–H groups in total. The van der Waals surface area contributed by atoms with Crippen LogP contribution in [0.1, 0.15) is 6.42 Å². The first-order chi connectivity index (χ1) is 4.83. The molecule has 0 aliphatic carbocycles. The second-order valence-electron chi connectivity index (χ2n) is 2.45. The van der Waals surface area contributed by atoms with Gasteiger partial charge in [0.2, 0.25) is 0 Å². The summed E-state index contributed by atoms with van der Waals surface area (Å²) in [4.78, 5) is 6.28. The summed E-state index contributed by atoms with van der Waals surface area (Å²) >= 11 is 0. The van der Waals surface area contributed by atoms with E-state index in [0.717, 1.165) is 13.0 Å². The monoisotopic (exact) mass is 139 g/mol. The number of hydrogen-bond donors (Lipinski definition) is 1. The van der Waals surface area contributed by atoms with Gasteiger partial charge in [-0.2, -0.15) is 0 Å². The van der Waals surface area contributed by atoms with E-state index in [4.69, 9.17) is 5.73 Å². The van der Waals surface area contributed by atoms with Gasteiger partial charge in [-0.25, -0.2) is 0 Å². The molecule has 3 heteroatoms. The molecular weight excluding hydrogens is 126 g/mol. The highest BCUT2D eigenvalue weighted by atomic mass is 15.1. The SMILES string of the molecule is CN1C=CN=C(CCN)C1. The minimum absolute atomic E-state index is 0.695. The Bertz CT molecular complexity index is 160. The minimum atomic E-state index is 0.695. The molecule has 0 aromatic heterocycles. The average Bonchev–Trinajstić information content (AvgIpc) is 1.88. The van der Waals surface area contributed by atoms with E-state index >= 15 is 0 Å². The normalized spacial score (nSPS) is 17.4. The van der Waals surface area contributed by atoms with Gasteiger partial charge in [-0.15, -0.1) is 0 Å². The van der Waals surface area contributed by atoms with Crippen LogP contribution >= 0.6 is 0 Å². The van der Waals surface area contributed by atoms with Gasteiger partial charge < -0.3 is 10.6 Å². The lowest BCUT2D eigenvalue weighted by molar-refractivity contribution is 0.513. The van der Waals surface area contributed by atoms with Gasteiger partial charge in [-0.3, -0.25) is 4.99 Å². The Labute approximate surface area is 61.2 Å². The molecule has 0 bridgehead atoms. The molecule has 1 aliphatic rings. The van der Waals surface area contributed by atoms with E-state index < -0.39 is 0 Å². The van der Waals surface area contributed by atoms with Gasteiger partial charge in [0.25, 0.3) is 0 Å². The lowest BCUT2D eigenvalue weighted by Gasteiger charge is -2.17. The van der Waals surface area contributed by atoms with Crippen molar-refractivity contribution in [1.29, 1.82) is 0 Å². The fraction of sp³-hybridized carbons (Fsp3) is 0.571. The van der Waals surface area contributed by atoms with Crippen molar-refractivity contribution in [3.05, 3.63) is 12.4 Å². The summed E-state index contributed by atoms with van der Waals surface area (Å²) in [5, 5.41) is 0. The number of rotatable bonds is 2. The van der Waals surface area contributed by atoms with Gasteiger partial charge in [0, 0.05) is 25.2 Å². The van der Waals surface area contributed by atoms with E-state index in [-0.39, 0.29) is 0 Å². The van der Waals surface area contributed by atoms with Gasteiger partial charge in [-0.1, -0.05) is 0 Å². The Kier molecular flexibility index (Phi) is 2.45. The summed E-state index contributed by atoms with van der Waals surface area (Å²) in [6.45, 7) is 1.62. The van der Waals surface area contributed by atoms with E-state index in [1.807, 2.05) is 19.4 Å². The van der Waals surface area contributed by atoms with Crippen LogP contribution < -0.4 is 5.73 Å². The van der Waals surface area contributed by atoms with E-state index in [1.165, 1.54) is 5.71 Å². The van der Waals surface area contributed by atoms with Crippen LogP contribution in [-0.4, -0.2) is 30.7 Å². The van der Waals surface area contributed by atoms with E-state index in [0.29, 0.717) is 6.54 Å². The van der Waals surface area contributed by atoms with Crippen LogP contribution in [0.2, 0.25) is 0 Å². The molecule has 56 valence electrons. The van der Waals surface area contributed by atoms with Crippen LogP contribution in [0.5, 0.6) is 0 Å². The molecule has 1 heterocycles.